The topological polar surface area (TPSA) is 123 Å². The van der Waals surface area contributed by atoms with E-state index in [0.29, 0.717) is 36.2 Å². The second-order valence-electron chi connectivity index (χ2n) is 9.02. The van der Waals surface area contributed by atoms with Crippen molar-refractivity contribution >= 4 is 63.6 Å². The molecule has 0 radical (unpaired) electrons. The molecule has 0 aromatic carbocycles. The van der Waals surface area contributed by atoms with Gasteiger partial charge in [0.15, 0.2) is 0 Å². The van der Waals surface area contributed by atoms with Crippen molar-refractivity contribution in [2.24, 2.45) is 0 Å². The van der Waals surface area contributed by atoms with Crippen LogP contribution < -0.4 is 15.8 Å². The number of nitrogens with zero attached hydrogens (tertiary/aromatic N) is 4. The summed E-state index contributed by atoms with van der Waals surface area (Å²) in [5.74, 6) is -0.991. The van der Waals surface area contributed by atoms with Gasteiger partial charge in [-0.05, 0) is 38.0 Å². The highest BCUT2D eigenvalue weighted by Crippen LogP contribution is 2.35. The van der Waals surface area contributed by atoms with Crippen LogP contribution in [-0.2, 0) is 23.9 Å². The lowest BCUT2D eigenvalue weighted by atomic mass is 10.1. The SMILES string of the molecule is CCOC(=O)C[C@@H]1C(=O)NCCN1c1nc2ccccn2c(=O)c1/C=C1\SC(=S)N(C[C@@H]2CCCO2)C1=O. The first-order chi connectivity index (χ1) is 18.4. The van der Waals surface area contributed by atoms with Gasteiger partial charge < -0.3 is 19.7 Å². The Bertz CT molecular complexity index is 1390. The average Bonchev–Trinajstić information content (AvgIpc) is 3.51. The summed E-state index contributed by atoms with van der Waals surface area (Å²) >= 11 is 6.59. The zero-order chi connectivity index (χ0) is 26.8. The number of nitrogens with one attached hydrogen (secondary N) is 1. The molecule has 38 heavy (non-hydrogen) atoms. The Morgan fingerprint density at radius 3 is 2.95 bits per heavy atom. The Morgan fingerprint density at radius 2 is 2.18 bits per heavy atom. The van der Waals surface area contributed by atoms with Crippen molar-refractivity contribution < 1.29 is 23.9 Å². The summed E-state index contributed by atoms with van der Waals surface area (Å²) in [6.07, 6.45) is 4.60. The summed E-state index contributed by atoms with van der Waals surface area (Å²) in [5.41, 5.74) is 0.0992. The second kappa shape index (κ2) is 11.2. The van der Waals surface area contributed by atoms with E-state index in [1.807, 2.05) is 0 Å². The van der Waals surface area contributed by atoms with Crippen LogP contribution in [0.1, 0.15) is 31.7 Å². The minimum absolute atomic E-state index is 0.0733. The minimum atomic E-state index is -0.929. The molecule has 1 N–H and O–H groups in total. The molecule has 13 heteroatoms. The fourth-order valence-electron chi connectivity index (χ4n) is 4.77. The number of thiocarbonyl (C=S) groups is 1. The molecule has 2 amide bonds. The summed E-state index contributed by atoms with van der Waals surface area (Å²) in [7, 11) is 0. The van der Waals surface area contributed by atoms with Crippen LogP contribution in [0.5, 0.6) is 0 Å². The Kier molecular flexibility index (Phi) is 7.77. The smallest absolute Gasteiger partial charge is 0.308 e. The van der Waals surface area contributed by atoms with Crippen LogP contribution in [0, 0.1) is 0 Å². The third kappa shape index (κ3) is 5.18. The molecule has 0 saturated carbocycles. The molecule has 2 aromatic rings. The van der Waals surface area contributed by atoms with Crippen molar-refractivity contribution in [3.63, 3.8) is 0 Å². The van der Waals surface area contributed by atoms with E-state index in [9.17, 15) is 19.2 Å². The summed E-state index contributed by atoms with van der Waals surface area (Å²) in [4.78, 5) is 60.4. The highest BCUT2D eigenvalue weighted by atomic mass is 32.2. The number of amides is 2. The van der Waals surface area contributed by atoms with E-state index < -0.39 is 17.6 Å². The number of fused-ring (bicyclic) bond motifs is 1. The first-order valence-electron chi connectivity index (χ1n) is 12.5. The number of ether oxygens (including phenoxy) is 2. The fraction of sp³-hybridized carbons (Fsp3) is 0.440. The van der Waals surface area contributed by atoms with Crippen molar-refractivity contribution in [1.29, 1.82) is 0 Å². The number of anilines is 1. The van der Waals surface area contributed by atoms with Crippen molar-refractivity contribution in [2.45, 2.75) is 38.3 Å². The van der Waals surface area contributed by atoms with E-state index in [1.165, 1.54) is 15.4 Å². The third-order valence-corrected chi connectivity index (χ3v) is 7.95. The number of hydrogen-bond donors (Lipinski definition) is 1. The van der Waals surface area contributed by atoms with Crippen molar-refractivity contribution in [3.8, 4) is 0 Å². The van der Waals surface area contributed by atoms with E-state index in [2.05, 4.69) is 5.32 Å². The molecule has 3 fully saturated rings. The number of thioether (sulfide) groups is 1. The van der Waals surface area contributed by atoms with Gasteiger partial charge in [-0.15, -0.1) is 0 Å². The zero-order valence-corrected chi connectivity index (χ0v) is 22.4. The van der Waals surface area contributed by atoms with Crippen LogP contribution >= 0.6 is 24.0 Å². The Labute approximate surface area is 228 Å². The second-order valence-corrected chi connectivity index (χ2v) is 10.7. The Hall–Kier alpha value is -3.29. The normalized spacial score (nSPS) is 23.0. The molecule has 5 heterocycles. The molecule has 3 aliphatic rings. The maximum absolute atomic E-state index is 13.7. The van der Waals surface area contributed by atoms with Gasteiger partial charge in [0.1, 0.15) is 21.8 Å². The lowest BCUT2D eigenvalue weighted by Crippen LogP contribution is -2.57. The van der Waals surface area contributed by atoms with E-state index in [4.69, 9.17) is 26.7 Å². The van der Waals surface area contributed by atoms with E-state index in [0.717, 1.165) is 24.6 Å². The number of piperazine rings is 1. The predicted octanol–water partition coefficient (Wildman–Crippen LogP) is 1.33. The summed E-state index contributed by atoms with van der Waals surface area (Å²) < 4.78 is 12.5. The molecule has 5 rings (SSSR count). The lowest BCUT2D eigenvalue weighted by Gasteiger charge is -2.36. The predicted molar refractivity (Wildman–Crippen MR) is 146 cm³/mol. The molecule has 0 spiro atoms. The van der Waals surface area contributed by atoms with Gasteiger partial charge in [-0.1, -0.05) is 30.0 Å². The largest absolute Gasteiger partial charge is 0.466 e. The van der Waals surface area contributed by atoms with Crippen LogP contribution in [0.2, 0.25) is 0 Å². The van der Waals surface area contributed by atoms with E-state index in [-0.39, 0.29) is 47.2 Å². The maximum atomic E-state index is 13.7. The van der Waals surface area contributed by atoms with Crippen LogP contribution in [0.3, 0.4) is 0 Å². The number of pyridine rings is 1. The van der Waals surface area contributed by atoms with Gasteiger partial charge in [-0.25, -0.2) is 4.98 Å². The van der Waals surface area contributed by atoms with Gasteiger partial charge in [0.2, 0.25) is 5.91 Å². The van der Waals surface area contributed by atoms with Gasteiger partial charge >= 0.3 is 5.97 Å². The van der Waals surface area contributed by atoms with Gasteiger partial charge in [0.05, 0.1) is 36.1 Å². The molecule has 0 unspecified atom stereocenters. The van der Waals surface area contributed by atoms with Crippen LogP contribution in [0.4, 0.5) is 5.82 Å². The molecule has 0 bridgehead atoms. The number of hydrogen-bond acceptors (Lipinski definition) is 10. The third-order valence-electron chi connectivity index (χ3n) is 6.58. The Morgan fingerprint density at radius 1 is 1.34 bits per heavy atom. The molecule has 0 aliphatic carbocycles. The first kappa shape index (κ1) is 26.3. The van der Waals surface area contributed by atoms with Crippen molar-refractivity contribution in [3.05, 3.63) is 45.2 Å². The molecule has 11 nitrogen and oxygen atoms in total. The molecular weight excluding hydrogens is 530 g/mol. The average molecular weight is 558 g/mol. The van der Waals surface area contributed by atoms with Crippen molar-refractivity contribution in [1.82, 2.24) is 19.6 Å². The zero-order valence-electron chi connectivity index (χ0n) is 20.8. The molecule has 200 valence electrons. The van der Waals surface area contributed by atoms with Gasteiger partial charge in [0, 0.05) is 25.9 Å². The van der Waals surface area contributed by atoms with Gasteiger partial charge in [-0.2, -0.15) is 0 Å². The molecule has 3 saturated heterocycles. The fourth-order valence-corrected chi connectivity index (χ4v) is 6.02. The van der Waals surface area contributed by atoms with Crippen molar-refractivity contribution in [2.75, 3.05) is 37.7 Å². The molecular formula is C25H27N5O6S2. The monoisotopic (exact) mass is 557 g/mol. The standard InChI is InChI=1S/C25H27N5O6S2/c1-2-35-20(31)13-17-22(32)26-8-10-28(17)21-16(23(33)29-9-4-3-7-19(29)27-21)12-18-24(34)30(25(37)38-18)14-15-6-5-11-36-15/h3-4,7,9,12,15,17H,2,5-6,8,10-11,13-14H2,1H3,(H,26,32)/b18-12-/t15-,17+/m0/s1. The van der Waals surface area contributed by atoms with Crippen LogP contribution in [0.15, 0.2) is 34.1 Å². The maximum Gasteiger partial charge on any atom is 0.308 e. The molecule has 2 atom stereocenters. The molecule has 2 aromatic heterocycles. The van der Waals surface area contributed by atoms with Crippen LogP contribution in [-0.4, -0.2) is 81.4 Å². The minimum Gasteiger partial charge on any atom is -0.466 e. The summed E-state index contributed by atoms with van der Waals surface area (Å²) in [6, 6.07) is 4.21. The Balaban J connectivity index is 1.57. The van der Waals surface area contributed by atoms with E-state index in [1.54, 1.807) is 36.2 Å². The van der Waals surface area contributed by atoms with Crippen LogP contribution in [0.25, 0.3) is 11.7 Å². The highest BCUT2D eigenvalue weighted by molar-refractivity contribution is 8.26. The number of aromatic nitrogens is 2. The number of rotatable bonds is 7. The van der Waals surface area contributed by atoms with Gasteiger partial charge in [0.25, 0.3) is 11.5 Å². The number of carbonyl (C=O) groups is 3. The lowest BCUT2D eigenvalue weighted by molar-refractivity contribution is -0.145. The number of carbonyl (C=O) groups excluding carboxylic acids is 3. The quantitative estimate of drug-likeness (QED) is 0.303. The van der Waals surface area contributed by atoms with Gasteiger partial charge in [-0.3, -0.25) is 28.5 Å². The summed E-state index contributed by atoms with van der Waals surface area (Å²) in [5, 5.41) is 2.77. The molecule has 3 aliphatic heterocycles. The van der Waals surface area contributed by atoms with E-state index >= 15 is 0 Å². The number of esters is 1. The first-order valence-corrected chi connectivity index (χ1v) is 13.7. The highest BCUT2D eigenvalue weighted by Gasteiger charge is 2.37. The summed E-state index contributed by atoms with van der Waals surface area (Å²) in [6.45, 7) is 3.51.